The van der Waals surface area contributed by atoms with Crippen LogP contribution in [0.4, 0.5) is 11.4 Å². The summed E-state index contributed by atoms with van der Waals surface area (Å²) in [6.07, 6.45) is 10.7. The zero-order valence-electron chi connectivity index (χ0n) is 21.1. The van der Waals surface area contributed by atoms with Crippen LogP contribution in [-0.4, -0.2) is 54.1 Å². The van der Waals surface area contributed by atoms with Crippen molar-refractivity contribution in [1.82, 2.24) is 35.1 Å². The molecule has 0 saturated carbocycles. The van der Waals surface area contributed by atoms with E-state index in [-0.39, 0.29) is 5.91 Å². The molecule has 7 rings (SSSR count). The number of amides is 1. The minimum atomic E-state index is -0.196. The van der Waals surface area contributed by atoms with E-state index in [1.807, 2.05) is 42.6 Å². The lowest BCUT2D eigenvalue weighted by atomic mass is 10.1. The summed E-state index contributed by atoms with van der Waals surface area (Å²) in [5, 5.41) is 10.5. The second-order valence-corrected chi connectivity index (χ2v) is 9.64. The summed E-state index contributed by atoms with van der Waals surface area (Å²) in [5.41, 5.74) is 7.57. The van der Waals surface area contributed by atoms with E-state index >= 15 is 0 Å². The number of rotatable bonds is 5. The second-order valence-electron chi connectivity index (χ2n) is 9.64. The van der Waals surface area contributed by atoms with Gasteiger partial charge in [-0.05, 0) is 49.6 Å². The highest BCUT2D eigenvalue weighted by Gasteiger charge is 2.20. The number of carbonyl (C=O) groups excluding carboxylic acids is 1. The van der Waals surface area contributed by atoms with Gasteiger partial charge in [0.15, 0.2) is 11.5 Å². The largest absolute Gasteiger partial charge is 0.368 e. The second kappa shape index (κ2) is 9.64. The Labute approximate surface area is 223 Å². The number of anilines is 2. The SMILES string of the molecule is O=C(Nc1cncc(-c2ccc3[nH]nc(-c4nc5c(N6CCCCC6)cncc5[nH]4)c3n2)c1)c1ccccc1. The first-order valence-electron chi connectivity index (χ1n) is 13.0. The van der Waals surface area contributed by atoms with Crippen molar-refractivity contribution in [3.05, 3.63) is 78.9 Å². The Morgan fingerprint density at radius 1 is 0.846 bits per heavy atom. The van der Waals surface area contributed by atoms with Crippen LogP contribution in [0.3, 0.4) is 0 Å². The van der Waals surface area contributed by atoms with E-state index in [0.717, 1.165) is 40.9 Å². The number of aromatic nitrogens is 7. The number of pyridine rings is 3. The highest BCUT2D eigenvalue weighted by molar-refractivity contribution is 6.04. The third-order valence-electron chi connectivity index (χ3n) is 7.03. The van der Waals surface area contributed by atoms with Gasteiger partial charge in [0.05, 0.1) is 46.7 Å². The Morgan fingerprint density at radius 3 is 2.56 bits per heavy atom. The molecule has 1 saturated heterocycles. The maximum Gasteiger partial charge on any atom is 0.255 e. The zero-order valence-corrected chi connectivity index (χ0v) is 21.1. The van der Waals surface area contributed by atoms with Crippen LogP contribution >= 0.6 is 0 Å². The minimum Gasteiger partial charge on any atom is -0.368 e. The fraction of sp³-hybridized carbons (Fsp3) is 0.172. The number of hydrogen-bond acceptors (Lipinski definition) is 7. The Balaban J connectivity index is 1.22. The molecule has 6 aromatic rings. The molecule has 1 amide bonds. The molecular formula is C29H25N9O. The Kier molecular flexibility index (Phi) is 5.69. The minimum absolute atomic E-state index is 0.196. The van der Waals surface area contributed by atoms with Gasteiger partial charge in [-0.2, -0.15) is 5.10 Å². The quantitative estimate of drug-likeness (QED) is 0.288. The third kappa shape index (κ3) is 4.35. The summed E-state index contributed by atoms with van der Waals surface area (Å²) in [4.78, 5) is 37.0. The number of benzene rings is 1. The summed E-state index contributed by atoms with van der Waals surface area (Å²) in [7, 11) is 0. The maximum atomic E-state index is 12.6. The molecule has 1 aliphatic heterocycles. The van der Waals surface area contributed by atoms with Crippen LogP contribution in [0.2, 0.25) is 0 Å². The smallest absolute Gasteiger partial charge is 0.255 e. The van der Waals surface area contributed by atoms with E-state index in [4.69, 9.17) is 9.97 Å². The highest BCUT2D eigenvalue weighted by Crippen LogP contribution is 2.31. The van der Waals surface area contributed by atoms with Gasteiger partial charge in [0.25, 0.3) is 5.91 Å². The summed E-state index contributed by atoms with van der Waals surface area (Å²) < 4.78 is 0. The monoisotopic (exact) mass is 515 g/mol. The predicted molar refractivity (Wildman–Crippen MR) is 150 cm³/mol. The molecule has 6 heterocycles. The van der Waals surface area contributed by atoms with E-state index in [0.29, 0.717) is 34.0 Å². The van der Waals surface area contributed by atoms with Gasteiger partial charge in [0.2, 0.25) is 0 Å². The number of nitrogens with one attached hydrogen (secondary N) is 3. The molecule has 10 nitrogen and oxygen atoms in total. The average Bonchev–Trinajstić information content (AvgIpc) is 3.62. The van der Waals surface area contributed by atoms with E-state index in [9.17, 15) is 4.79 Å². The molecule has 10 heteroatoms. The van der Waals surface area contributed by atoms with Crippen molar-refractivity contribution in [1.29, 1.82) is 0 Å². The van der Waals surface area contributed by atoms with Gasteiger partial charge in [-0.1, -0.05) is 18.2 Å². The van der Waals surface area contributed by atoms with E-state index < -0.39 is 0 Å². The molecule has 0 unspecified atom stereocenters. The van der Waals surface area contributed by atoms with Gasteiger partial charge in [0, 0.05) is 30.4 Å². The molecule has 0 radical (unpaired) electrons. The lowest BCUT2D eigenvalue weighted by molar-refractivity contribution is 0.102. The van der Waals surface area contributed by atoms with Crippen molar-refractivity contribution >= 4 is 39.3 Å². The fourth-order valence-electron chi connectivity index (χ4n) is 5.06. The number of aromatic amines is 2. The molecule has 0 spiro atoms. The Bertz CT molecular complexity index is 1800. The van der Waals surface area contributed by atoms with Crippen molar-refractivity contribution in [2.75, 3.05) is 23.3 Å². The van der Waals surface area contributed by atoms with Crippen molar-refractivity contribution in [3.8, 4) is 22.8 Å². The van der Waals surface area contributed by atoms with Crippen molar-refractivity contribution < 1.29 is 4.79 Å². The zero-order chi connectivity index (χ0) is 26.2. The van der Waals surface area contributed by atoms with E-state index in [1.54, 1.807) is 30.7 Å². The molecule has 0 bridgehead atoms. The molecule has 0 atom stereocenters. The van der Waals surface area contributed by atoms with Gasteiger partial charge >= 0.3 is 0 Å². The summed E-state index contributed by atoms with van der Waals surface area (Å²) >= 11 is 0. The molecule has 192 valence electrons. The van der Waals surface area contributed by atoms with Crippen molar-refractivity contribution in [3.63, 3.8) is 0 Å². The molecular weight excluding hydrogens is 490 g/mol. The lowest BCUT2D eigenvalue weighted by Gasteiger charge is -2.28. The maximum absolute atomic E-state index is 12.6. The summed E-state index contributed by atoms with van der Waals surface area (Å²) in [5.74, 6) is 0.438. The van der Waals surface area contributed by atoms with Gasteiger partial charge in [-0.3, -0.25) is 19.9 Å². The number of imidazole rings is 1. The molecule has 1 fully saturated rings. The molecule has 3 N–H and O–H groups in total. The number of fused-ring (bicyclic) bond motifs is 2. The first-order chi connectivity index (χ1) is 19.2. The first kappa shape index (κ1) is 23.0. The van der Waals surface area contributed by atoms with Gasteiger partial charge in [-0.25, -0.2) is 9.97 Å². The lowest BCUT2D eigenvalue weighted by Crippen LogP contribution is -2.29. The standard InChI is InChI=1S/C29H25N9O/c39-29(18-7-3-1-4-8-18)32-20-13-19(14-30-15-20)21-9-10-22-26(33-21)27(37-36-22)28-34-23-16-31-17-24(25(23)35-28)38-11-5-2-6-12-38/h1,3-4,7-10,13-17H,2,5-6,11-12H2,(H,32,39)(H,34,35)(H,36,37). The van der Waals surface area contributed by atoms with Crippen LogP contribution in [0.5, 0.6) is 0 Å². The predicted octanol–water partition coefficient (Wildman–Crippen LogP) is 5.20. The van der Waals surface area contributed by atoms with Crippen LogP contribution in [0.25, 0.3) is 44.8 Å². The summed E-state index contributed by atoms with van der Waals surface area (Å²) in [6, 6.07) is 14.8. The van der Waals surface area contributed by atoms with E-state index in [1.165, 1.54) is 19.3 Å². The number of nitrogens with zero attached hydrogens (tertiary/aromatic N) is 6. The van der Waals surface area contributed by atoms with Crippen LogP contribution in [0.15, 0.2) is 73.3 Å². The molecule has 39 heavy (non-hydrogen) atoms. The van der Waals surface area contributed by atoms with Crippen LogP contribution < -0.4 is 10.2 Å². The van der Waals surface area contributed by atoms with Crippen molar-refractivity contribution in [2.45, 2.75) is 19.3 Å². The van der Waals surface area contributed by atoms with Gasteiger partial charge in [-0.15, -0.1) is 0 Å². The Morgan fingerprint density at radius 2 is 1.69 bits per heavy atom. The summed E-state index contributed by atoms with van der Waals surface area (Å²) in [6.45, 7) is 2.02. The number of carbonyl (C=O) groups is 1. The normalized spacial score (nSPS) is 13.7. The van der Waals surface area contributed by atoms with Gasteiger partial charge in [0.1, 0.15) is 11.0 Å². The van der Waals surface area contributed by atoms with Crippen LogP contribution in [0.1, 0.15) is 29.6 Å². The van der Waals surface area contributed by atoms with Crippen LogP contribution in [0, 0.1) is 0 Å². The van der Waals surface area contributed by atoms with Crippen LogP contribution in [-0.2, 0) is 0 Å². The van der Waals surface area contributed by atoms with Gasteiger partial charge < -0.3 is 15.2 Å². The molecule has 1 aliphatic rings. The molecule has 0 aliphatic carbocycles. The van der Waals surface area contributed by atoms with Crippen molar-refractivity contribution in [2.24, 2.45) is 0 Å². The number of hydrogen-bond donors (Lipinski definition) is 3. The van der Waals surface area contributed by atoms with E-state index in [2.05, 4.69) is 35.4 Å². The topological polar surface area (TPSA) is 128 Å². The number of piperidine rings is 1. The molecule has 5 aromatic heterocycles. The Hall–Kier alpha value is -5.12. The average molecular weight is 516 g/mol. The highest BCUT2D eigenvalue weighted by atomic mass is 16.1. The number of H-pyrrole nitrogens is 2. The first-order valence-corrected chi connectivity index (χ1v) is 13.0. The third-order valence-corrected chi connectivity index (χ3v) is 7.03. The fourth-order valence-corrected chi connectivity index (χ4v) is 5.06. The molecule has 1 aromatic carbocycles.